The van der Waals surface area contributed by atoms with Crippen molar-refractivity contribution in [3.05, 3.63) is 27.8 Å². The Morgan fingerprint density at radius 3 is 2.39 bits per heavy atom. The minimum absolute atomic E-state index is 0.0632. The van der Waals surface area contributed by atoms with Crippen LogP contribution < -0.4 is 14.8 Å². The van der Waals surface area contributed by atoms with Gasteiger partial charge in [0.25, 0.3) is 5.69 Å². The molecule has 0 aliphatic carbocycles. The Hall–Kier alpha value is -1.80. The van der Waals surface area contributed by atoms with Gasteiger partial charge in [0.2, 0.25) is 20.0 Å². The summed E-state index contributed by atoms with van der Waals surface area (Å²) in [6.45, 7) is 4.49. The molecule has 2 saturated heterocycles. The Balaban J connectivity index is 1.86. The van der Waals surface area contributed by atoms with Gasteiger partial charge in [-0.1, -0.05) is 0 Å². The van der Waals surface area contributed by atoms with Gasteiger partial charge in [0.05, 0.1) is 27.7 Å². The molecule has 3 rings (SSSR count). The summed E-state index contributed by atoms with van der Waals surface area (Å²) in [5, 5.41) is 17.0. The molecule has 13 heteroatoms. The number of anilines is 1. The van der Waals surface area contributed by atoms with E-state index in [2.05, 4.69) is 4.72 Å². The van der Waals surface area contributed by atoms with Crippen LogP contribution in [-0.2, 0) is 24.8 Å². The van der Waals surface area contributed by atoms with Crippen molar-refractivity contribution < 1.29 is 26.5 Å². The highest BCUT2D eigenvalue weighted by Crippen LogP contribution is 2.37. The molecule has 0 radical (unpaired) electrons. The van der Waals surface area contributed by atoms with Crippen LogP contribution >= 0.6 is 0 Å². The third-order valence-electron chi connectivity index (χ3n) is 5.94. The average molecular weight is 477 g/mol. The molecule has 0 unspecified atom stereocenters. The number of nitrogens with zero attached hydrogens (tertiary/aromatic N) is 2. The molecular formula is C18H28N4O7S2. The van der Waals surface area contributed by atoms with E-state index in [1.54, 1.807) is 11.8 Å². The molecule has 2 aliphatic heterocycles. The molecule has 0 aromatic heterocycles. The second-order valence-electron chi connectivity index (χ2n) is 8.17. The van der Waals surface area contributed by atoms with E-state index in [9.17, 15) is 26.9 Å². The first-order valence-electron chi connectivity index (χ1n) is 10.1. The molecule has 0 amide bonds. The van der Waals surface area contributed by atoms with E-state index in [0.717, 1.165) is 0 Å². The van der Waals surface area contributed by atoms with Gasteiger partial charge in [-0.05, 0) is 51.2 Å². The highest BCUT2D eigenvalue weighted by molar-refractivity contribution is 7.89. The molecule has 11 nitrogen and oxygen atoms in total. The smallest absolute Gasteiger partial charge is 0.296 e. The molecule has 2 aliphatic rings. The van der Waals surface area contributed by atoms with Crippen LogP contribution in [0.25, 0.3) is 0 Å². The summed E-state index contributed by atoms with van der Waals surface area (Å²) >= 11 is 0. The zero-order valence-electron chi connectivity index (χ0n) is 17.5. The third kappa shape index (κ3) is 5.52. The fourth-order valence-corrected chi connectivity index (χ4v) is 6.83. The lowest BCUT2D eigenvalue weighted by molar-refractivity contribution is -0.384. The third-order valence-corrected chi connectivity index (χ3v) is 8.51. The summed E-state index contributed by atoms with van der Waals surface area (Å²) in [7, 11) is -7.55. The van der Waals surface area contributed by atoms with Gasteiger partial charge >= 0.3 is 0 Å². The number of primary sulfonamides is 1. The van der Waals surface area contributed by atoms with Crippen molar-refractivity contribution in [3.8, 4) is 0 Å². The van der Waals surface area contributed by atoms with Gasteiger partial charge in [-0.2, -0.15) is 0 Å². The van der Waals surface area contributed by atoms with E-state index in [-0.39, 0.29) is 40.0 Å². The van der Waals surface area contributed by atoms with E-state index < -0.39 is 25.0 Å². The van der Waals surface area contributed by atoms with Gasteiger partial charge < -0.3 is 9.64 Å². The summed E-state index contributed by atoms with van der Waals surface area (Å²) < 4.78 is 56.5. The van der Waals surface area contributed by atoms with Crippen LogP contribution in [0.3, 0.4) is 0 Å². The lowest BCUT2D eigenvalue weighted by Gasteiger charge is -2.33. The maximum Gasteiger partial charge on any atom is 0.296 e. The van der Waals surface area contributed by atoms with Gasteiger partial charge in [-0.15, -0.1) is 0 Å². The van der Waals surface area contributed by atoms with Crippen molar-refractivity contribution in [2.45, 2.75) is 50.2 Å². The summed E-state index contributed by atoms with van der Waals surface area (Å²) in [6, 6.07) is 2.45. The molecule has 2 atom stereocenters. The quantitative estimate of drug-likeness (QED) is 0.432. The minimum Gasteiger partial charge on any atom is -0.377 e. The van der Waals surface area contributed by atoms with Crippen LogP contribution in [0.5, 0.6) is 0 Å². The Bertz CT molecular complexity index is 1050. The fourth-order valence-electron chi connectivity index (χ4n) is 4.26. The number of nitro groups is 1. The average Bonchev–Trinajstić information content (AvgIpc) is 3.04. The van der Waals surface area contributed by atoms with E-state index in [1.807, 2.05) is 0 Å². The normalized spacial score (nSPS) is 23.3. The molecule has 174 valence electrons. The molecule has 0 spiro atoms. The first kappa shape index (κ1) is 23.9. The number of piperidine rings is 1. The maximum atomic E-state index is 12.9. The van der Waals surface area contributed by atoms with Crippen LogP contribution in [-0.4, -0.2) is 59.4 Å². The van der Waals surface area contributed by atoms with Crippen LogP contribution in [0.1, 0.15) is 31.7 Å². The van der Waals surface area contributed by atoms with E-state index in [4.69, 9.17) is 9.88 Å². The monoisotopic (exact) mass is 476 g/mol. The number of benzene rings is 1. The lowest BCUT2D eigenvalue weighted by Crippen LogP contribution is -2.39. The van der Waals surface area contributed by atoms with Gasteiger partial charge in [-0.25, -0.2) is 26.7 Å². The summed E-state index contributed by atoms with van der Waals surface area (Å²) in [6.07, 6.45) is 1.30. The van der Waals surface area contributed by atoms with E-state index >= 15 is 0 Å². The van der Waals surface area contributed by atoms with Crippen molar-refractivity contribution in [2.75, 3.05) is 30.3 Å². The predicted molar refractivity (Wildman–Crippen MR) is 115 cm³/mol. The van der Waals surface area contributed by atoms with Gasteiger partial charge in [0.15, 0.2) is 0 Å². The molecule has 0 saturated carbocycles. The van der Waals surface area contributed by atoms with E-state index in [0.29, 0.717) is 44.6 Å². The zero-order valence-corrected chi connectivity index (χ0v) is 19.1. The number of ether oxygens (including phenoxy) is 1. The van der Waals surface area contributed by atoms with Crippen LogP contribution in [0.15, 0.2) is 17.0 Å². The topological polar surface area (TPSA) is 162 Å². The number of nitrogens with two attached hydrogens (primary N) is 1. The van der Waals surface area contributed by atoms with Crippen molar-refractivity contribution in [1.82, 2.24) is 4.72 Å². The molecule has 3 N–H and O–H groups in total. The van der Waals surface area contributed by atoms with Crippen LogP contribution in [0.2, 0.25) is 0 Å². The highest BCUT2D eigenvalue weighted by atomic mass is 32.2. The first-order valence-corrected chi connectivity index (χ1v) is 13.3. The Morgan fingerprint density at radius 1 is 1.23 bits per heavy atom. The standard InChI is InChI=1S/C18H28N4O7S2/c1-12-17(31(27,28)20-15-7-10-29-13(15)2)4-3-16(18(12)22(23)24)21-8-5-14(6-9-21)11-30(19,25)26/h3-4,13-15,20H,5-11H2,1-2H3,(H2,19,25,26)/t13-,15-/m0/s1. The van der Waals surface area contributed by atoms with Crippen LogP contribution in [0.4, 0.5) is 11.4 Å². The summed E-state index contributed by atoms with van der Waals surface area (Å²) in [5.41, 5.74) is 0.129. The highest BCUT2D eigenvalue weighted by Gasteiger charge is 2.34. The van der Waals surface area contributed by atoms with E-state index in [1.165, 1.54) is 19.1 Å². The second-order valence-corrected chi connectivity index (χ2v) is 11.5. The largest absolute Gasteiger partial charge is 0.377 e. The number of nitro benzene ring substituents is 1. The number of hydrogen-bond donors (Lipinski definition) is 2. The van der Waals surface area contributed by atoms with Gasteiger partial charge in [0.1, 0.15) is 5.69 Å². The van der Waals surface area contributed by atoms with Crippen molar-refractivity contribution >= 4 is 31.4 Å². The van der Waals surface area contributed by atoms with Crippen molar-refractivity contribution in [1.29, 1.82) is 0 Å². The van der Waals surface area contributed by atoms with Crippen molar-refractivity contribution in [3.63, 3.8) is 0 Å². The molecule has 1 aromatic carbocycles. The first-order chi connectivity index (χ1) is 14.4. The van der Waals surface area contributed by atoms with Crippen LogP contribution in [0, 0.1) is 23.0 Å². The lowest BCUT2D eigenvalue weighted by atomic mass is 9.98. The Labute approximate surface area is 182 Å². The molecular weight excluding hydrogens is 448 g/mol. The van der Waals surface area contributed by atoms with Gasteiger partial charge in [-0.3, -0.25) is 10.1 Å². The molecule has 0 bridgehead atoms. The molecule has 2 heterocycles. The molecule has 2 fully saturated rings. The second kappa shape index (κ2) is 8.98. The predicted octanol–water partition coefficient (Wildman–Crippen LogP) is 0.864. The van der Waals surface area contributed by atoms with Gasteiger partial charge in [0, 0.05) is 25.3 Å². The number of hydrogen-bond acceptors (Lipinski definition) is 8. The minimum atomic E-state index is -3.97. The number of nitrogens with one attached hydrogen (secondary N) is 1. The SMILES string of the molecule is Cc1c(S(=O)(=O)N[C@H]2CCO[C@H]2C)ccc(N2CCC(CS(N)(=O)=O)CC2)c1[N+](=O)[O-]. The number of rotatable bonds is 7. The Kier molecular flexibility index (Phi) is 6.91. The summed E-state index contributed by atoms with van der Waals surface area (Å²) in [5.74, 6) is -0.223. The summed E-state index contributed by atoms with van der Waals surface area (Å²) in [4.78, 5) is 13.0. The molecule has 1 aromatic rings. The fraction of sp³-hybridized carbons (Fsp3) is 0.667. The number of sulfonamides is 2. The van der Waals surface area contributed by atoms with Crippen molar-refractivity contribution in [2.24, 2.45) is 11.1 Å². The zero-order chi connectivity index (χ0) is 23.0. The Morgan fingerprint density at radius 2 is 1.87 bits per heavy atom. The molecule has 31 heavy (non-hydrogen) atoms. The maximum absolute atomic E-state index is 12.9.